The van der Waals surface area contributed by atoms with Crippen molar-refractivity contribution in [3.05, 3.63) is 23.0 Å². The molecule has 2 rings (SSSR count). The van der Waals surface area contributed by atoms with Gasteiger partial charge in [0.05, 0.1) is 5.41 Å². The van der Waals surface area contributed by atoms with E-state index >= 15 is 0 Å². The summed E-state index contributed by atoms with van der Waals surface area (Å²) in [6, 6.07) is 2.01. The average Bonchev–Trinajstić information content (AvgIpc) is 2.59. The van der Waals surface area contributed by atoms with Gasteiger partial charge in [-0.05, 0) is 38.3 Å². The van der Waals surface area contributed by atoms with Crippen LogP contribution in [0.5, 0.6) is 0 Å². The first-order chi connectivity index (χ1) is 7.56. The quantitative estimate of drug-likeness (QED) is 0.806. The van der Waals surface area contributed by atoms with Gasteiger partial charge in [0.1, 0.15) is 0 Å². The normalized spacial score (nSPS) is 19.6. The van der Waals surface area contributed by atoms with Crippen molar-refractivity contribution in [1.82, 2.24) is 4.98 Å². The standard InChI is InChI=1S/C13H19NO2/c1-9-8-11(10(2)14-9)13(12(15)16)6-4-3-5-7-13/h8,14H,3-7H2,1-2H3,(H,15,16). The summed E-state index contributed by atoms with van der Waals surface area (Å²) in [6.45, 7) is 3.95. The van der Waals surface area contributed by atoms with E-state index in [9.17, 15) is 9.90 Å². The number of aromatic amines is 1. The van der Waals surface area contributed by atoms with Gasteiger partial charge in [-0.3, -0.25) is 4.79 Å². The molecule has 0 aliphatic heterocycles. The lowest BCUT2D eigenvalue weighted by Crippen LogP contribution is -2.38. The van der Waals surface area contributed by atoms with Gasteiger partial charge in [-0.15, -0.1) is 0 Å². The number of aryl methyl sites for hydroxylation is 2. The van der Waals surface area contributed by atoms with Gasteiger partial charge in [0, 0.05) is 11.4 Å². The lowest BCUT2D eigenvalue weighted by molar-refractivity contribution is -0.145. The Balaban J connectivity index is 2.46. The van der Waals surface area contributed by atoms with Crippen LogP contribution in [-0.4, -0.2) is 16.1 Å². The molecule has 0 spiro atoms. The van der Waals surface area contributed by atoms with Crippen LogP contribution in [0.1, 0.15) is 49.1 Å². The maximum atomic E-state index is 11.6. The lowest BCUT2D eigenvalue weighted by Gasteiger charge is -2.33. The number of nitrogens with one attached hydrogen (secondary N) is 1. The van der Waals surface area contributed by atoms with Crippen molar-refractivity contribution in [2.75, 3.05) is 0 Å². The molecule has 0 saturated heterocycles. The third-order valence-electron chi connectivity index (χ3n) is 3.78. The summed E-state index contributed by atoms with van der Waals surface area (Å²) in [6.07, 6.45) is 4.77. The number of rotatable bonds is 2. The predicted octanol–water partition coefficient (Wildman–Crippen LogP) is 2.92. The number of aromatic nitrogens is 1. The monoisotopic (exact) mass is 221 g/mol. The molecule has 0 amide bonds. The second-order valence-electron chi connectivity index (χ2n) is 4.94. The minimum absolute atomic E-state index is 0.632. The van der Waals surface area contributed by atoms with Crippen molar-refractivity contribution in [3.8, 4) is 0 Å². The molecule has 0 atom stereocenters. The van der Waals surface area contributed by atoms with E-state index in [4.69, 9.17) is 0 Å². The molecular weight excluding hydrogens is 202 g/mol. The van der Waals surface area contributed by atoms with Crippen LogP contribution in [0.25, 0.3) is 0 Å². The molecule has 1 saturated carbocycles. The number of H-pyrrole nitrogens is 1. The Bertz CT molecular complexity index is 400. The fourth-order valence-electron chi connectivity index (χ4n) is 2.97. The van der Waals surface area contributed by atoms with E-state index in [2.05, 4.69) is 4.98 Å². The summed E-state index contributed by atoms with van der Waals surface area (Å²) in [7, 11) is 0. The van der Waals surface area contributed by atoms with Crippen molar-refractivity contribution in [3.63, 3.8) is 0 Å². The van der Waals surface area contributed by atoms with Gasteiger partial charge in [0.25, 0.3) is 0 Å². The summed E-state index contributed by atoms with van der Waals surface area (Å²) in [5, 5.41) is 9.56. The highest BCUT2D eigenvalue weighted by Crippen LogP contribution is 2.41. The van der Waals surface area contributed by atoms with E-state index in [0.717, 1.165) is 49.1 Å². The summed E-state index contributed by atoms with van der Waals surface area (Å²) in [4.78, 5) is 14.8. The Morgan fingerprint density at radius 3 is 2.38 bits per heavy atom. The van der Waals surface area contributed by atoms with E-state index in [0.29, 0.717) is 0 Å². The van der Waals surface area contributed by atoms with Crippen LogP contribution in [0.15, 0.2) is 6.07 Å². The molecule has 3 nitrogen and oxygen atoms in total. The number of carboxylic acid groups (broad SMARTS) is 1. The third kappa shape index (κ3) is 1.64. The van der Waals surface area contributed by atoms with Crippen molar-refractivity contribution < 1.29 is 9.90 Å². The predicted molar refractivity (Wildman–Crippen MR) is 62.7 cm³/mol. The Morgan fingerprint density at radius 1 is 1.31 bits per heavy atom. The molecule has 1 aliphatic rings. The van der Waals surface area contributed by atoms with Gasteiger partial charge in [-0.25, -0.2) is 0 Å². The minimum Gasteiger partial charge on any atom is -0.481 e. The first-order valence-corrected chi connectivity index (χ1v) is 5.96. The van der Waals surface area contributed by atoms with Gasteiger partial charge < -0.3 is 10.1 Å². The van der Waals surface area contributed by atoms with E-state index in [1.54, 1.807) is 0 Å². The third-order valence-corrected chi connectivity index (χ3v) is 3.78. The first-order valence-electron chi connectivity index (χ1n) is 5.96. The second-order valence-corrected chi connectivity index (χ2v) is 4.94. The average molecular weight is 221 g/mol. The van der Waals surface area contributed by atoms with Gasteiger partial charge in [-0.1, -0.05) is 19.3 Å². The van der Waals surface area contributed by atoms with E-state index in [-0.39, 0.29) is 0 Å². The fraction of sp³-hybridized carbons (Fsp3) is 0.615. The molecule has 88 valence electrons. The van der Waals surface area contributed by atoms with Gasteiger partial charge in [-0.2, -0.15) is 0 Å². The van der Waals surface area contributed by atoms with Gasteiger partial charge in [0.2, 0.25) is 0 Å². The van der Waals surface area contributed by atoms with E-state index in [1.807, 2.05) is 19.9 Å². The molecule has 1 fully saturated rings. The van der Waals surface area contributed by atoms with Crippen molar-refractivity contribution in [2.45, 2.75) is 51.4 Å². The molecule has 0 bridgehead atoms. The van der Waals surface area contributed by atoms with Crippen LogP contribution in [0.3, 0.4) is 0 Å². The van der Waals surface area contributed by atoms with Crippen LogP contribution >= 0.6 is 0 Å². The van der Waals surface area contributed by atoms with Crippen LogP contribution < -0.4 is 0 Å². The SMILES string of the molecule is Cc1cc(C2(C(=O)O)CCCCC2)c(C)[nH]1. The lowest BCUT2D eigenvalue weighted by atomic mass is 9.69. The molecule has 1 aliphatic carbocycles. The molecule has 0 unspecified atom stereocenters. The number of aliphatic carboxylic acids is 1. The summed E-state index contributed by atoms with van der Waals surface area (Å²) in [5.74, 6) is -0.658. The van der Waals surface area contributed by atoms with E-state index < -0.39 is 11.4 Å². The molecule has 1 aromatic rings. The van der Waals surface area contributed by atoms with Crippen molar-refractivity contribution >= 4 is 5.97 Å². The van der Waals surface area contributed by atoms with E-state index in [1.165, 1.54) is 0 Å². The summed E-state index contributed by atoms with van der Waals surface area (Å²) >= 11 is 0. The maximum Gasteiger partial charge on any atom is 0.314 e. The van der Waals surface area contributed by atoms with Crippen LogP contribution in [-0.2, 0) is 10.2 Å². The highest BCUT2D eigenvalue weighted by atomic mass is 16.4. The number of carbonyl (C=O) groups is 1. The highest BCUT2D eigenvalue weighted by molar-refractivity contribution is 5.82. The minimum atomic E-state index is -0.658. The topological polar surface area (TPSA) is 53.1 Å². The molecule has 1 heterocycles. The molecule has 0 aromatic carbocycles. The molecule has 3 heteroatoms. The second kappa shape index (κ2) is 3.96. The zero-order valence-electron chi connectivity index (χ0n) is 9.97. The van der Waals surface area contributed by atoms with Crippen LogP contribution in [0.2, 0.25) is 0 Å². The van der Waals surface area contributed by atoms with Gasteiger partial charge in [0.15, 0.2) is 0 Å². The van der Waals surface area contributed by atoms with Crippen LogP contribution in [0.4, 0.5) is 0 Å². The zero-order chi connectivity index (χ0) is 11.8. The van der Waals surface area contributed by atoms with Gasteiger partial charge >= 0.3 is 5.97 Å². The Hall–Kier alpha value is -1.25. The number of carboxylic acids is 1. The van der Waals surface area contributed by atoms with Crippen molar-refractivity contribution in [1.29, 1.82) is 0 Å². The highest BCUT2D eigenvalue weighted by Gasteiger charge is 2.42. The zero-order valence-corrected chi connectivity index (χ0v) is 9.97. The summed E-state index contributed by atoms with van der Waals surface area (Å²) < 4.78 is 0. The molecule has 1 aromatic heterocycles. The summed E-state index contributed by atoms with van der Waals surface area (Å²) in [5.41, 5.74) is 2.44. The first kappa shape index (κ1) is 11.2. The molecular formula is C13H19NO2. The largest absolute Gasteiger partial charge is 0.481 e. The Labute approximate surface area is 95.9 Å². The molecule has 16 heavy (non-hydrogen) atoms. The smallest absolute Gasteiger partial charge is 0.314 e. The maximum absolute atomic E-state index is 11.6. The molecule has 2 N–H and O–H groups in total. The Kier molecular flexibility index (Phi) is 2.78. The Morgan fingerprint density at radius 2 is 1.94 bits per heavy atom. The number of hydrogen-bond acceptors (Lipinski definition) is 1. The fourth-order valence-corrected chi connectivity index (χ4v) is 2.97. The van der Waals surface area contributed by atoms with Crippen LogP contribution in [0, 0.1) is 13.8 Å². The van der Waals surface area contributed by atoms with Crippen molar-refractivity contribution in [2.24, 2.45) is 0 Å². The number of hydrogen-bond donors (Lipinski definition) is 2. The molecule has 0 radical (unpaired) electrons.